The number of rotatable bonds is 4. The van der Waals surface area contributed by atoms with Crippen LogP contribution >= 0.6 is 0 Å². The number of ether oxygens (including phenoxy) is 1. The van der Waals surface area contributed by atoms with Crippen LogP contribution in [0.25, 0.3) is 0 Å². The van der Waals surface area contributed by atoms with Gasteiger partial charge in [0.2, 0.25) is 0 Å². The lowest BCUT2D eigenvalue weighted by atomic mass is 10.1. The van der Waals surface area contributed by atoms with E-state index in [-0.39, 0.29) is 12.2 Å². The summed E-state index contributed by atoms with van der Waals surface area (Å²) < 4.78 is 18.5. The second kappa shape index (κ2) is 6.85. The lowest BCUT2D eigenvalue weighted by Crippen LogP contribution is -2.15. The molecule has 0 unspecified atom stereocenters. The molecule has 0 bridgehead atoms. The second-order valence-electron chi connectivity index (χ2n) is 4.68. The zero-order valence-corrected chi connectivity index (χ0v) is 12.4. The Kier molecular flexibility index (Phi) is 4.88. The number of amides is 1. The molecule has 0 aliphatic rings. The number of esters is 1. The molecular formula is C17H16FNO3. The Balaban J connectivity index is 2.25. The summed E-state index contributed by atoms with van der Waals surface area (Å²) >= 11 is 0. The SMILES string of the molecule is CCOC(=O)c1ccc(C)c(NC(=O)c2ccccc2F)c1. The minimum absolute atomic E-state index is 0.0524. The highest BCUT2D eigenvalue weighted by Crippen LogP contribution is 2.19. The maximum absolute atomic E-state index is 13.6. The number of nitrogens with one attached hydrogen (secondary N) is 1. The molecule has 0 atom stereocenters. The standard InChI is InChI=1S/C17H16FNO3/c1-3-22-17(21)12-9-8-11(2)15(10-12)19-16(20)13-6-4-5-7-14(13)18/h4-10H,3H2,1-2H3,(H,19,20). The fraction of sp³-hybridized carbons (Fsp3) is 0.176. The van der Waals surface area contributed by atoms with Crippen molar-refractivity contribution in [2.45, 2.75) is 13.8 Å². The van der Waals surface area contributed by atoms with E-state index in [0.717, 1.165) is 5.56 Å². The van der Waals surface area contributed by atoms with Crippen molar-refractivity contribution in [3.63, 3.8) is 0 Å². The Morgan fingerprint density at radius 1 is 1.18 bits per heavy atom. The monoisotopic (exact) mass is 301 g/mol. The van der Waals surface area contributed by atoms with Crippen molar-refractivity contribution in [3.05, 3.63) is 65.0 Å². The number of carbonyl (C=O) groups is 2. The van der Waals surface area contributed by atoms with E-state index in [4.69, 9.17) is 4.74 Å². The molecule has 4 nitrogen and oxygen atoms in total. The molecule has 0 heterocycles. The lowest BCUT2D eigenvalue weighted by molar-refractivity contribution is 0.0526. The van der Waals surface area contributed by atoms with Gasteiger partial charge < -0.3 is 10.1 Å². The van der Waals surface area contributed by atoms with Crippen LogP contribution < -0.4 is 5.32 Å². The minimum Gasteiger partial charge on any atom is -0.462 e. The summed E-state index contributed by atoms with van der Waals surface area (Å²) in [4.78, 5) is 23.8. The van der Waals surface area contributed by atoms with Crippen LogP contribution in [0, 0.1) is 12.7 Å². The van der Waals surface area contributed by atoms with Crippen LogP contribution in [0.5, 0.6) is 0 Å². The van der Waals surface area contributed by atoms with Gasteiger partial charge in [0.1, 0.15) is 5.82 Å². The molecule has 0 saturated heterocycles. The first-order valence-electron chi connectivity index (χ1n) is 6.86. The van der Waals surface area contributed by atoms with Crippen molar-refractivity contribution in [1.82, 2.24) is 0 Å². The van der Waals surface area contributed by atoms with Crippen LogP contribution in [0.3, 0.4) is 0 Å². The molecule has 2 aromatic carbocycles. The largest absolute Gasteiger partial charge is 0.462 e. The van der Waals surface area contributed by atoms with E-state index in [1.165, 1.54) is 24.3 Å². The molecule has 2 rings (SSSR count). The number of hydrogen-bond acceptors (Lipinski definition) is 3. The molecule has 22 heavy (non-hydrogen) atoms. The van der Waals surface area contributed by atoms with Gasteiger partial charge in [-0.15, -0.1) is 0 Å². The third-order valence-corrected chi connectivity index (χ3v) is 3.12. The zero-order valence-electron chi connectivity index (χ0n) is 12.4. The van der Waals surface area contributed by atoms with Gasteiger partial charge in [-0.2, -0.15) is 0 Å². The van der Waals surface area contributed by atoms with Crippen LogP contribution in [-0.4, -0.2) is 18.5 Å². The molecule has 5 heteroatoms. The molecule has 0 aliphatic heterocycles. The maximum atomic E-state index is 13.6. The van der Waals surface area contributed by atoms with Gasteiger partial charge in [0.15, 0.2) is 0 Å². The van der Waals surface area contributed by atoms with Gasteiger partial charge in [-0.3, -0.25) is 4.79 Å². The molecule has 0 spiro atoms. The third kappa shape index (κ3) is 3.49. The topological polar surface area (TPSA) is 55.4 Å². The van der Waals surface area contributed by atoms with Crippen LogP contribution in [0.15, 0.2) is 42.5 Å². The molecule has 114 valence electrons. The van der Waals surface area contributed by atoms with Crippen molar-refractivity contribution in [2.24, 2.45) is 0 Å². The number of carbonyl (C=O) groups excluding carboxylic acids is 2. The van der Waals surface area contributed by atoms with Gasteiger partial charge in [0.05, 0.1) is 17.7 Å². The Morgan fingerprint density at radius 2 is 1.91 bits per heavy atom. The maximum Gasteiger partial charge on any atom is 0.338 e. The molecule has 0 radical (unpaired) electrons. The van der Waals surface area contributed by atoms with E-state index in [0.29, 0.717) is 11.3 Å². The number of aryl methyl sites for hydroxylation is 1. The normalized spacial score (nSPS) is 10.1. The van der Waals surface area contributed by atoms with Crippen molar-refractivity contribution in [1.29, 1.82) is 0 Å². The molecule has 0 fully saturated rings. The van der Waals surface area contributed by atoms with Crippen LogP contribution in [0.2, 0.25) is 0 Å². The highest BCUT2D eigenvalue weighted by atomic mass is 19.1. The third-order valence-electron chi connectivity index (χ3n) is 3.12. The van der Waals surface area contributed by atoms with Crippen molar-refractivity contribution < 1.29 is 18.7 Å². The van der Waals surface area contributed by atoms with Crippen LogP contribution in [0.4, 0.5) is 10.1 Å². The zero-order chi connectivity index (χ0) is 16.1. The smallest absolute Gasteiger partial charge is 0.338 e. The van der Waals surface area contributed by atoms with Crippen molar-refractivity contribution in [2.75, 3.05) is 11.9 Å². The Labute approximate surface area is 127 Å². The molecule has 2 aromatic rings. The van der Waals surface area contributed by atoms with E-state index in [1.807, 2.05) is 0 Å². The summed E-state index contributed by atoms with van der Waals surface area (Å²) in [5.74, 6) is -1.63. The number of anilines is 1. The highest BCUT2D eigenvalue weighted by molar-refractivity contribution is 6.05. The summed E-state index contributed by atoms with van der Waals surface area (Å²) in [6.07, 6.45) is 0. The lowest BCUT2D eigenvalue weighted by Gasteiger charge is -2.11. The molecule has 0 aliphatic carbocycles. The first kappa shape index (κ1) is 15.7. The second-order valence-corrected chi connectivity index (χ2v) is 4.68. The predicted octanol–water partition coefficient (Wildman–Crippen LogP) is 3.56. The van der Waals surface area contributed by atoms with Gasteiger partial charge in [-0.05, 0) is 43.7 Å². The quantitative estimate of drug-likeness (QED) is 0.878. The first-order valence-corrected chi connectivity index (χ1v) is 6.86. The summed E-state index contributed by atoms with van der Waals surface area (Å²) in [6.45, 7) is 3.77. The number of halogens is 1. The molecule has 0 saturated carbocycles. The first-order chi connectivity index (χ1) is 10.5. The highest BCUT2D eigenvalue weighted by Gasteiger charge is 2.14. The van der Waals surface area contributed by atoms with E-state index in [1.54, 1.807) is 32.0 Å². The molecule has 1 amide bonds. The van der Waals surface area contributed by atoms with Crippen LogP contribution in [-0.2, 0) is 4.74 Å². The number of hydrogen-bond donors (Lipinski definition) is 1. The summed E-state index contributed by atoms with van der Waals surface area (Å²) in [5.41, 5.74) is 1.48. The fourth-order valence-electron chi connectivity index (χ4n) is 1.93. The van der Waals surface area contributed by atoms with Gasteiger partial charge >= 0.3 is 5.97 Å². The summed E-state index contributed by atoms with van der Waals surface area (Å²) in [7, 11) is 0. The van der Waals surface area contributed by atoms with E-state index in [2.05, 4.69) is 5.32 Å². The number of benzene rings is 2. The van der Waals surface area contributed by atoms with Gasteiger partial charge in [0.25, 0.3) is 5.91 Å². The van der Waals surface area contributed by atoms with Gasteiger partial charge in [-0.1, -0.05) is 18.2 Å². The predicted molar refractivity (Wildman–Crippen MR) is 81.5 cm³/mol. The Bertz CT molecular complexity index is 713. The van der Waals surface area contributed by atoms with E-state index >= 15 is 0 Å². The minimum atomic E-state index is -0.598. The average molecular weight is 301 g/mol. The molecular weight excluding hydrogens is 285 g/mol. The van der Waals surface area contributed by atoms with E-state index in [9.17, 15) is 14.0 Å². The van der Waals surface area contributed by atoms with Crippen molar-refractivity contribution >= 4 is 17.6 Å². The molecule has 0 aromatic heterocycles. The van der Waals surface area contributed by atoms with Crippen LogP contribution in [0.1, 0.15) is 33.2 Å². The van der Waals surface area contributed by atoms with Crippen molar-refractivity contribution in [3.8, 4) is 0 Å². The fourth-order valence-corrected chi connectivity index (χ4v) is 1.93. The summed E-state index contributed by atoms with van der Waals surface area (Å²) in [5, 5.41) is 2.62. The average Bonchev–Trinajstić information content (AvgIpc) is 2.50. The Morgan fingerprint density at radius 3 is 2.59 bits per heavy atom. The van der Waals surface area contributed by atoms with Gasteiger partial charge in [-0.25, -0.2) is 9.18 Å². The van der Waals surface area contributed by atoms with Gasteiger partial charge in [0, 0.05) is 5.69 Å². The van der Waals surface area contributed by atoms with E-state index < -0.39 is 17.7 Å². The molecule has 1 N–H and O–H groups in total. The Hall–Kier alpha value is -2.69. The summed E-state index contributed by atoms with van der Waals surface area (Å²) in [6, 6.07) is 10.5.